The van der Waals surface area contributed by atoms with E-state index in [-0.39, 0.29) is 24.2 Å². The molecule has 1 fully saturated rings. The van der Waals surface area contributed by atoms with Crippen LogP contribution in [0.2, 0.25) is 0 Å². The van der Waals surface area contributed by atoms with E-state index >= 15 is 0 Å². The van der Waals surface area contributed by atoms with E-state index in [1.165, 1.54) is 0 Å². The van der Waals surface area contributed by atoms with Gasteiger partial charge >= 0.3 is 0 Å². The monoisotopic (exact) mass is 312 g/mol. The number of hydrogen-bond donors (Lipinski definition) is 1. The van der Waals surface area contributed by atoms with E-state index in [0.29, 0.717) is 19.7 Å². The van der Waals surface area contributed by atoms with Crippen LogP contribution in [-0.4, -0.2) is 43.5 Å². The van der Waals surface area contributed by atoms with Gasteiger partial charge in [-0.3, -0.25) is 9.59 Å². The fourth-order valence-corrected chi connectivity index (χ4v) is 2.93. The second-order valence-electron chi connectivity index (χ2n) is 5.75. The second-order valence-corrected chi connectivity index (χ2v) is 5.75. The van der Waals surface area contributed by atoms with Gasteiger partial charge in [0.2, 0.25) is 11.8 Å². The van der Waals surface area contributed by atoms with Crippen molar-refractivity contribution < 1.29 is 14.3 Å². The van der Waals surface area contributed by atoms with E-state index in [0.717, 1.165) is 16.5 Å². The van der Waals surface area contributed by atoms with E-state index in [4.69, 9.17) is 4.74 Å². The number of amides is 2. The number of rotatable bonds is 5. The van der Waals surface area contributed by atoms with E-state index < -0.39 is 0 Å². The lowest BCUT2D eigenvalue weighted by atomic mass is 10.1. The maximum Gasteiger partial charge on any atom is 0.229 e. The zero-order chi connectivity index (χ0) is 16.2. The van der Waals surface area contributed by atoms with Gasteiger partial charge in [0.05, 0.1) is 12.5 Å². The molecular formula is C18H20N2O3. The summed E-state index contributed by atoms with van der Waals surface area (Å²) in [7, 11) is 1.60. The number of benzene rings is 2. The van der Waals surface area contributed by atoms with Crippen LogP contribution < -0.4 is 5.32 Å². The molecule has 3 rings (SSSR count). The molecule has 2 amide bonds. The van der Waals surface area contributed by atoms with Gasteiger partial charge in [0.1, 0.15) is 0 Å². The fraction of sp³-hybridized carbons (Fsp3) is 0.333. The normalized spacial score (nSPS) is 17.7. The van der Waals surface area contributed by atoms with Crippen LogP contribution in [0.15, 0.2) is 42.5 Å². The molecule has 1 unspecified atom stereocenters. The molecule has 0 bridgehead atoms. The van der Waals surface area contributed by atoms with Crippen molar-refractivity contribution in [2.24, 2.45) is 5.92 Å². The molecule has 1 heterocycles. The van der Waals surface area contributed by atoms with E-state index in [1.807, 2.05) is 42.5 Å². The maximum atomic E-state index is 12.5. The molecular weight excluding hydrogens is 292 g/mol. The third-order valence-electron chi connectivity index (χ3n) is 4.20. The Bertz CT molecular complexity index is 724. The van der Waals surface area contributed by atoms with E-state index in [1.54, 1.807) is 12.0 Å². The topological polar surface area (TPSA) is 58.6 Å². The summed E-state index contributed by atoms with van der Waals surface area (Å²) >= 11 is 0. The summed E-state index contributed by atoms with van der Waals surface area (Å²) in [6.45, 7) is 1.48. The van der Waals surface area contributed by atoms with Crippen molar-refractivity contribution in [3.63, 3.8) is 0 Å². The van der Waals surface area contributed by atoms with Crippen molar-refractivity contribution in [2.45, 2.75) is 6.42 Å². The van der Waals surface area contributed by atoms with Gasteiger partial charge in [0, 0.05) is 37.7 Å². The van der Waals surface area contributed by atoms with Crippen molar-refractivity contribution in [3.05, 3.63) is 42.5 Å². The average molecular weight is 312 g/mol. The highest BCUT2D eigenvalue weighted by Gasteiger charge is 2.34. The van der Waals surface area contributed by atoms with Crippen LogP contribution >= 0.6 is 0 Å². The number of methoxy groups -OCH3 is 1. The molecule has 1 aliphatic rings. The van der Waals surface area contributed by atoms with Gasteiger partial charge in [-0.05, 0) is 11.5 Å². The average Bonchev–Trinajstić information content (AvgIpc) is 2.94. The molecule has 1 aliphatic heterocycles. The summed E-state index contributed by atoms with van der Waals surface area (Å²) in [5, 5.41) is 5.06. The molecule has 2 aromatic rings. The van der Waals surface area contributed by atoms with Crippen molar-refractivity contribution in [1.29, 1.82) is 0 Å². The number of carbonyl (C=O) groups is 2. The molecule has 1 atom stereocenters. The standard InChI is InChI=1S/C18H20N2O3/c1-23-10-9-20-12-14(11-17(20)21)18(22)19-16-8-4-6-13-5-2-3-7-15(13)16/h2-8,14H,9-12H2,1H3,(H,19,22). The summed E-state index contributed by atoms with van der Waals surface area (Å²) in [5.74, 6) is -0.395. The first-order valence-corrected chi connectivity index (χ1v) is 7.74. The number of carbonyl (C=O) groups excluding carboxylic acids is 2. The summed E-state index contributed by atoms with van der Waals surface area (Å²) < 4.78 is 5.00. The van der Waals surface area contributed by atoms with Crippen molar-refractivity contribution in [1.82, 2.24) is 4.90 Å². The molecule has 1 saturated heterocycles. The van der Waals surface area contributed by atoms with Gasteiger partial charge in [0.25, 0.3) is 0 Å². The molecule has 0 aromatic heterocycles. The Balaban J connectivity index is 1.71. The molecule has 120 valence electrons. The second kappa shape index (κ2) is 6.79. The zero-order valence-corrected chi connectivity index (χ0v) is 13.1. The minimum Gasteiger partial charge on any atom is -0.383 e. The van der Waals surface area contributed by atoms with Gasteiger partial charge in [-0.25, -0.2) is 0 Å². The SMILES string of the molecule is COCCN1CC(C(=O)Nc2cccc3ccccc23)CC1=O. The minimum absolute atomic E-state index is 0.0140. The number of nitrogens with one attached hydrogen (secondary N) is 1. The molecule has 5 heteroatoms. The lowest BCUT2D eigenvalue weighted by molar-refractivity contribution is -0.128. The number of nitrogens with zero attached hydrogens (tertiary/aromatic N) is 1. The molecule has 23 heavy (non-hydrogen) atoms. The molecule has 0 radical (unpaired) electrons. The lowest BCUT2D eigenvalue weighted by Crippen LogP contribution is -2.30. The largest absolute Gasteiger partial charge is 0.383 e. The number of likely N-dealkylation sites (tertiary alicyclic amines) is 1. The lowest BCUT2D eigenvalue weighted by Gasteiger charge is -2.16. The first kappa shape index (κ1) is 15.5. The van der Waals surface area contributed by atoms with E-state index in [2.05, 4.69) is 5.32 Å². The van der Waals surface area contributed by atoms with Gasteiger partial charge in [-0.1, -0.05) is 36.4 Å². The highest BCUT2D eigenvalue weighted by atomic mass is 16.5. The van der Waals surface area contributed by atoms with Crippen LogP contribution in [0.1, 0.15) is 6.42 Å². The van der Waals surface area contributed by atoms with E-state index in [9.17, 15) is 9.59 Å². The van der Waals surface area contributed by atoms with Gasteiger partial charge in [-0.15, -0.1) is 0 Å². The molecule has 5 nitrogen and oxygen atoms in total. The predicted octanol–water partition coefficient (Wildman–Crippen LogP) is 2.27. The Morgan fingerprint density at radius 1 is 1.26 bits per heavy atom. The highest BCUT2D eigenvalue weighted by Crippen LogP contribution is 2.25. The Morgan fingerprint density at radius 3 is 2.87 bits per heavy atom. The molecule has 0 spiro atoms. The number of ether oxygens (including phenoxy) is 1. The molecule has 0 aliphatic carbocycles. The van der Waals surface area contributed by atoms with Crippen LogP contribution in [0.3, 0.4) is 0 Å². The zero-order valence-electron chi connectivity index (χ0n) is 13.1. The van der Waals surface area contributed by atoms with Crippen molar-refractivity contribution in [2.75, 3.05) is 32.1 Å². The first-order chi connectivity index (χ1) is 11.2. The fourth-order valence-electron chi connectivity index (χ4n) is 2.93. The molecule has 1 N–H and O–H groups in total. The number of anilines is 1. The number of fused-ring (bicyclic) bond motifs is 1. The molecule has 2 aromatic carbocycles. The Hall–Kier alpha value is -2.40. The van der Waals surface area contributed by atoms with Gasteiger partial charge in [0.15, 0.2) is 0 Å². The van der Waals surface area contributed by atoms with Crippen LogP contribution in [0.5, 0.6) is 0 Å². The van der Waals surface area contributed by atoms with Gasteiger partial charge in [-0.2, -0.15) is 0 Å². The quantitative estimate of drug-likeness (QED) is 0.921. The van der Waals surface area contributed by atoms with Gasteiger partial charge < -0.3 is 15.0 Å². The Labute approximate surface area is 135 Å². The van der Waals surface area contributed by atoms with Crippen molar-refractivity contribution >= 4 is 28.3 Å². The van der Waals surface area contributed by atoms with Crippen LogP contribution in [-0.2, 0) is 14.3 Å². The molecule has 0 saturated carbocycles. The first-order valence-electron chi connectivity index (χ1n) is 7.74. The Kier molecular flexibility index (Phi) is 4.57. The highest BCUT2D eigenvalue weighted by molar-refractivity contribution is 6.04. The smallest absolute Gasteiger partial charge is 0.229 e. The third kappa shape index (κ3) is 3.35. The van der Waals surface area contributed by atoms with Crippen LogP contribution in [0, 0.1) is 5.92 Å². The summed E-state index contributed by atoms with van der Waals surface area (Å²) in [6, 6.07) is 13.7. The number of hydrogen-bond acceptors (Lipinski definition) is 3. The summed E-state index contributed by atoms with van der Waals surface area (Å²) in [4.78, 5) is 26.1. The predicted molar refractivity (Wildman–Crippen MR) is 89.1 cm³/mol. The summed E-state index contributed by atoms with van der Waals surface area (Å²) in [5.41, 5.74) is 0.788. The minimum atomic E-state index is -0.307. The third-order valence-corrected chi connectivity index (χ3v) is 4.20. The maximum absolute atomic E-state index is 12.5. The summed E-state index contributed by atoms with van der Waals surface area (Å²) in [6.07, 6.45) is 0.264. The van der Waals surface area contributed by atoms with Crippen LogP contribution in [0.25, 0.3) is 10.8 Å². The van der Waals surface area contributed by atoms with Crippen LogP contribution in [0.4, 0.5) is 5.69 Å². The van der Waals surface area contributed by atoms with Crippen molar-refractivity contribution in [3.8, 4) is 0 Å². The Morgan fingerprint density at radius 2 is 2.04 bits per heavy atom.